The highest BCUT2D eigenvalue weighted by Gasteiger charge is 2.38. The zero-order chi connectivity index (χ0) is 15.4. The first-order valence-electron chi connectivity index (χ1n) is 7.68. The lowest BCUT2D eigenvalue weighted by molar-refractivity contribution is -0.0739. The third-order valence-electron chi connectivity index (χ3n) is 4.74. The van der Waals surface area contributed by atoms with Gasteiger partial charge >= 0.3 is 0 Å². The predicted molar refractivity (Wildman–Crippen MR) is 83.5 cm³/mol. The molecule has 2 N–H and O–H groups in total. The maximum absolute atomic E-state index is 11.5. The van der Waals surface area contributed by atoms with Crippen LogP contribution in [0.3, 0.4) is 0 Å². The Hall–Kier alpha value is -0.130. The van der Waals surface area contributed by atoms with E-state index in [1.54, 1.807) is 6.92 Å². The van der Waals surface area contributed by atoms with Gasteiger partial charge in [0.2, 0.25) is 0 Å². The molecule has 120 valence electrons. The second kappa shape index (κ2) is 6.75. The number of hydrogen-bond donors (Lipinski definition) is 1. The molecule has 1 rings (SSSR count). The third-order valence-corrected chi connectivity index (χ3v) is 6.40. The van der Waals surface area contributed by atoms with E-state index in [9.17, 15) is 8.42 Å². The Kier molecular flexibility index (Phi) is 6.05. The third kappa shape index (κ3) is 5.01. The molecular weight excluding hydrogens is 274 g/mol. The molecule has 0 amide bonds. The second-order valence-electron chi connectivity index (χ2n) is 7.11. The molecule has 1 fully saturated rings. The molecule has 1 aliphatic rings. The Bertz CT molecular complexity index is 390. The minimum Gasteiger partial charge on any atom is -0.373 e. The fourth-order valence-electron chi connectivity index (χ4n) is 2.95. The predicted octanol–water partition coefficient (Wildman–Crippen LogP) is 2.37. The van der Waals surface area contributed by atoms with Gasteiger partial charge in [0.15, 0.2) is 9.84 Å². The van der Waals surface area contributed by atoms with E-state index in [4.69, 9.17) is 10.5 Å². The average molecular weight is 305 g/mol. The van der Waals surface area contributed by atoms with Gasteiger partial charge in [-0.3, -0.25) is 0 Å². The number of hydrogen-bond acceptors (Lipinski definition) is 4. The summed E-state index contributed by atoms with van der Waals surface area (Å²) in [6, 6.07) is 0. The highest BCUT2D eigenvalue weighted by atomic mass is 32.2. The molecule has 4 nitrogen and oxygen atoms in total. The molecule has 0 atom stereocenters. The van der Waals surface area contributed by atoms with Crippen LogP contribution in [0, 0.1) is 11.3 Å². The van der Waals surface area contributed by atoms with Crippen LogP contribution in [0.25, 0.3) is 0 Å². The topological polar surface area (TPSA) is 69.4 Å². The van der Waals surface area contributed by atoms with Crippen LogP contribution in [-0.2, 0) is 14.6 Å². The maximum Gasteiger partial charge on any atom is 0.152 e. The largest absolute Gasteiger partial charge is 0.373 e. The van der Waals surface area contributed by atoms with Crippen LogP contribution < -0.4 is 5.73 Å². The zero-order valence-electron chi connectivity index (χ0n) is 13.4. The van der Waals surface area contributed by atoms with Crippen molar-refractivity contribution >= 4 is 9.84 Å². The first-order chi connectivity index (χ1) is 9.14. The lowest BCUT2D eigenvalue weighted by Gasteiger charge is -2.43. The molecule has 1 saturated carbocycles. The van der Waals surface area contributed by atoms with E-state index in [1.165, 1.54) is 0 Å². The van der Waals surface area contributed by atoms with Gasteiger partial charge < -0.3 is 10.5 Å². The molecule has 0 aromatic heterocycles. The molecule has 0 radical (unpaired) electrons. The van der Waals surface area contributed by atoms with Crippen LogP contribution in [0.1, 0.15) is 53.4 Å². The highest BCUT2D eigenvalue weighted by Crippen LogP contribution is 2.42. The average Bonchev–Trinajstić information content (AvgIpc) is 2.38. The van der Waals surface area contributed by atoms with Crippen molar-refractivity contribution < 1.29 is 13.2 Å². The van der Waals surface area contributed by atoms with Crippen molar-refractivity contribution in [2.24, 2.45) is 17.1 Å². The Morgan fingerprint density at radius 2 is 1.80 bits per heavy atom. The van der Waals surface area contributed by atoms with E-state index in [2.05, 4.69) is 20.8 Å². The summed E-state index contributed by atoms with van der Waals surface area (Å²) in [6.07, 6.45) is 4.11. The van der Waals surface area contributed by atoms with E-state index < -0.39 is 9.84 Å². The summed E-state index contributed by atoms with van der Waals surface area (Å²) in [5.41, 5.74) is 5.93. The van der Waals surface area contributed by atoms with Gasteiger partial charge in [-0.25, -0.2) is 8.42 Å². The van der Waals surface area contributed by atoms with Gasteiger partial charge in [0.25, 0.3) is 0 Å². The van der Waals surface area contributed by atoms with Gasteiger partial charge in [-0.15, -0.1) is 0 Å². The van der Waals surface area contributed by atoms with E-state index in [0.29, 0.717) is 17.9 Å². The van der Waals surface area contributed by atoms with Crippen LogP contribution in [0.2, 0.25) is 0 Å². The van der Waals surface area contributed by atoms with Crippen LogP contribution >= 0.6 is 0 Å². The first kappa shape index (κ1) is 17.9. The van der Waals surface area contributed by atoms with Crippen molar-refractivity contribution in [2.75, 3.05) is 24.7 Å². The summed E-state index contributed by atoms with van der Waals surface area (Å²) in [5.74, 6) is 0.983. The molecule has 0 heterocycles. The molecule has 1 aliphatic carbocycles. The molecule has 0 bridgehead atoms. The van der Waals surface area contributed by atoms with Crippen molar-refractivity contribution in [1.82, 2.24) is 0 Å². The molecule has 5 heteroatoms. The van der Waals surface area contributed by atoms with E-state index in [0.717, 1.165) is 25.7 Å². The normalized spacial score (nSPS) is 28.6. The van der Waals surface area contributed by atoms with Gasteiger partial charge in [0.05, 0.1) is 18.0 Å². The number of nitrogens with two attached hydrogens (primary N) is 1. The standard InChI is InChI=1S/C15H31NO3S/c1-5-20(17,18)11-10-19-15(12-16)8-6-13(7-9-15)14(2,3)4/h13H,5-12,16H2,1-4H3. The molecule has 0 saturated heterocycles. The van der Waals surface area contributed by atoms with Gasteiger partial charge in [-0.2, -0.15) is 0 Å². The molecule has 0 unspecified atom stereocenters. The molecular formula is C15H31NO3S. The second-order valence-corrected chi connectivity index (χ2v) is 9.59. The van der Waals surface area contributed by atoms with Crippen LogP contribution in [-0.4, -0.2) is 38.7 Å². The van der Waals surface area contributed by atoms with Crippen molar-refractivity contribution in [3.05, 3.63) is 0 Å². The lowest BCUT2D eigenvalue weighted by Crippen LogP contribution is -2.46. The number of ether oxygens (including phenoxy) is 1. The van der Waals surface area contributed by atoms with Gasteiger partial charge in [0, 0.05) is 12.3 Å². The van der Waals surface area contributed by atoms with Crippen LogP contribution in [0.5, 0.6) is 0 Å². The minimum absolute atomic E-state index is 0.105. The number of sulfone groups is 1. The lowest BCUT2D eigenvalue weighted by atomic mass is 9.68. The molecule has 0 spiro atoms. The molecule has 0 aromatic rings. The van der Waals surface area contributed by atoms with E-state index >= 15 is 0 Å². The summed E-state index contributed by atoms with van der Waals surface area (Å²) in [7, 11) is -2.96. The quantitative estimate of drug-likeness (QED) is 0.818. The maximum atomic E-state index is 11.5. The van der Waals surface area contributed by atoms with E-state index in [1.807, 2.05) is 0 Å². The SMILES string of the molecule is CCS(=O)(=O)CCOC1(CN)CCC(C(C)(C)C)CC1. The van der Waals surface area contributed by atoms with Crippen LogP contribution in [0.15, 0.2) is 0 Å². The number of rotatable bonds is 6. The van der Waals surface area contributed by atoms with Gasteiger partial charge in [0.1, 0.15) is 0 Å². The molecule has 20 heavy (non-hydrogen) atoms. The van der Waals surface area contributed by atoms with Crippen molar-refractivity contribution in [3.63, 3.8) is 0 Å². The summed E-state index contributed by atoms with van der Waals surface area (Å²) >= 11 is 0. The van der Waals surface area contributed by atoms with Gasteiger partial charge in [-0.1, -0.05) is 27.7 Å². The first-order valence-corrected chi connectivity index (χ1v) is 9.51. The van der Waals surface area contributed by atoms with Crippen molar-refractivity contribution in [3.8, 4) is 0 Å². The zero-order valence-corrected chi connectivity index (χ0v) is 14.3. The van der Waals surface area contributed by atoms with Crippen molar-refractivity contribution in [1.29, 1.82) is 0 Å². The van der Waals surface area contributed by atoms with E-state index in [-0.39, 0.29) is 23.7 Å². The Morgan fingerprint density at radius 1 is 1.25 bits per heavy atom. The summed E-state index contributed by atoms with van der Waals surface area (Å²) in [4.78, 5) is 0. The Morgan fingerprint density at radius 3 is 2.20 bits per heavy atom. The fraction of sp³-hybridized carbons (Fsp3) is 1.00. The Labute approximate surface area is 124 Å². The minimum atomic E-state index is -2.96. The smallest absolute Gasteiger partial charge is 0.152 e. The van der Waals surface area contributed by atoms with Gasteiger partial charge in [-0.05, 0) is 37.0 Å². The molecule has 0 aromatic carbocycles. The summed E-state index contributed by atoms with van der Waals surface area (Å²) in [6.45, 7) is 9.26. The monoisotopic (exact) mass is 305 g/mol. The van der Waals surface area contributed by atoms with Crippen LogP contribution in [0.4, 0.5) is 0 Å². The summed E-state index contributed by atoms with van der Waals surface area (Å²) in [5, 5.41) is 0. The highest BCUT2D eigenvalue weighted by molar-refractivity contribution is 7.91. The summed E-state index contributed by atoms with van der Waals surface area (Å²) < 4.78 is 28.9. The molecule has 0 aliphatic heterocycles. The van der Waals surface area contributed by atoms with Crippen molar-refractivity contribution in [2.45, 2.75) is 59.0 Å². The Balaban J connectivity index is 2.51. The fourth-order valence-corrected chi connectivity index (χ4v) is 3.57.